The zero-order chi connectivity index (χ0) is 18.1. The largest absolute Gasteiger partial charge is 0.441 e. The second-order valence-corrected chi connectivity index (χ2v) is 4.67. The highest BCUT2D eigenvalue weighted by molar-refractivity contribution is 7.87. The summed E-state index contributed by atoms with van der Waals surface area (Å²) in [6.07, 6.45) is -18.8. The molecule has 0 N–H and O–H groups in total. The molecule has 130 valence electrons. The zero-order valence-corrected chi connectivity index (χ0v) is 10.2. The van der Waals surface area contributed by atoms with Crippen molar-refractivity contribution in [3.63, 3.8) is 0 Å². The van der Waals surface area contributed by atoms with Crippen LogP contribution in [-0.2, 0) is 19.9 Å². The molecule has 0 aromatic heterocycles. The Kier molecular flexibility index (Phi) is 5.45. The van der Waals surface area contributed by atoms with Crippen LogP contribution in [0.5, 0.6) is 0 Å². The summed E-state index contributed by atoms with van der Waals surface area (Å²) < 4.78 is 140. The lowest BCUT2D eigenvalue weighted by Crippen LogP contribution is -2.43. The topological polar surface area (TPSA) is 72.8 Å². The molecule has 5 nitrogen and oxygen atoms in total. The monoisotopic (exact) mass is 373 g/mol. The first-order valence-electron chi connectivity index (χ1n) is 4.32. The van der Waals surface area contributed by atoms with E-state index in [0.29, 0.717) is 0 Å². The van der Waals surface area contributed by atoms with Gasteiger partial charge in [0.1, 0.15) is 0 Å². The molecular formula is C6HF10NO4S. The van der Waals surface area contributed by atoms with Gasteiger partial charge in [-0.15, -0.1) is 3.89 Å². The molecule has 0 fully saturated rings. The van der Waals surface area contributed by atoms with Crippen LogP contribution in [0.25, 0.3) is 0 Å². The van der Waals surface area contributed by atoms with Crippen LogP contribution < -0.4 is 0 Å². The highest BCUT2D eigenvalue weighted by atomic mass is 32.3. The molecule has 0 saturated heterocycles. The van der Waals surface area contributed by atoms with Crippen molar-refractivity contribution in [1.29, 1.82) is 0 Å². The molecule has 0 radical (unpaired) electrons. The van der Waals surface area contributed by atoms with E-state index in [2.05, 4.69) is 4.84 Å². The third-order valence-corrected chi connectivity index (χ3v) is 2.58. The van der Waals surface area contributed by atoms with Crippen molar-refractivity contribution in [2.45, 2.75) is 23.8 Å². The number of hydrogen-bond acceptors (Lipinski definition) is 5. The van der Waals surface area contributed by atoms with Crippen molar-refractivity contribution >= 4 is 21.9 Å². The van der Waals surface area contributed by atoms with Crippen LogP contribution in [0.15, 0.2) is 5.16 Å². The Morgan fingerprint density at radius 3 is 1.50 bits per heavy atom. The van der Waals surface area contributed by atoms with Gasteiger partial charge in [-0.1, -0.05) is 5.16 Å². The first-order valence-corrected chi connectivity index (χ1v) is 5.76. The molecule has 0 aromatic carbocycles. The van der Waals surface area contributed by atoms with E-state index < -0.39 is 45.7 Å². The van der Waals surface area contributed by atoms with Crippen molar-refractivity contribution in [3.05, 3.63) is 0 Å². The fourth-order valence-corrected chi connectivity index (χ4v) is 1.40. The van der Waals surface area contributed by atoms with E-state index in [1.54, 1.807) is 0 Å². The predicted molar refractivity (Wildman–Crippen MR) is 45.5 cm³/mol. The average Bonchev–Trinajstić information content (AvgIpc) is 2.06. The van der Waals surface area contributed by atoms with Gasteiger partial charge in [-0.2, -0.15) is 47.9 Å². The fraction of sp³-hybridized carbons (Fsp3) is 0.667. The number of hydrogen-bond donors (Lipinski definition) is 0. The summed E-state index contributed by atoms with van der Waals surface area (Å²) in [6.45, 7) is 0. The lowest BCUT2D eigenvalue weighted by atomic mass is 10.3. The number of carbonyl (C=O) groups is 1. The van der Waals surface area contributed by atoms with Crippen LogP contribution in [0, 0.1) is 0 Å². The Bertz CT molecular complexity index is 539. The zero-order valence-electron chi connectivity index (χ0n) is 9.35. The molecule has 0 aliphatic carbocycles. The Morgan fingerprint density at radius 2 is 1.27 bits per heavy atom. The molecule has 0 aromatic rings. The summed E-state index contributed by atoms with van der Waals surface area (Å²) in [4.78, 5) is 13.2. The minimum absolute atomic E-state index is 1.10. The highest BCUT2D eigenvalue weighted by Crippen LogP contribution is 2.31. The maximum atomic E-state index is 12.3. The van der Waals surface area contributed by atoms with Gasteiger partial charge in [-0.05, 0) is 0 Å². The molecule has 1 unspecified atom stereocenters. The van der Waals surface area contributed by atoms with E-state index in [0.717, 1.165) is 5.16 Å². The lowest BCUT2D eigenvalue weighted by Gasteiger charge is -2.15. The van der Waals surface area contributed by atoms with E-state index in [9.17, 15) is 56.6 Å². The van der Waals surface area contributed by atoms with Gasteiger partial charge in [0.2, 0.25) is 0 Å². The molecule has 0 saturated carbocycles. The highest BCUT2D eigenvalue weighted by Gasteiger charge is 2.58. The molecule has 0 amide bonds. The van der Waals surface area contributed by atoms with Gasteiger partial charge < -0.3 is 4.84 Å². The molecule has 22 heavy (non-hydrogen) atoms. The van der Waals surface area contributed by atoms with Gasteiger partial charge in [-0.3, -0.25) is 0 Å². The van der Waals surface area contributed by atoms with Crippen LogP contribution in [0.3, 0.4) is 0 Å². The summed E-state index contributed by atoms with van der Waals surface area (Å²) in [5, 5.41) is -3.55. The number of nitrogens with zero attached hydrogens (tertiary/aromatic N) is 1. The summed E-state index contributed by atoms with van der Waals surface area (Å²) in [5.41, 5.74) is -3.79. The number of oxime groups is 1. The van der Waals surface area contributed by atoms with Crippen LogP contribution in [0.1, 0.15) is 0 Å². The summed E-state index contributed by atoms with van der Waals surface area (Å²) in [7, 11) is -6.77. The molecule has 0 rings (SSSR count). The molecule has 0 aliphatic rings. The molecule has 0 aliphatic heterocycles. The van der Waals surface area contributed by atoms with Gasteiger partial charge in [-0.25, -0.2) is 4.79 Å². The van der Waals surface area contributed by atoms with Crippen molar-refractivity contribution in [2.24, 2.45) is 5.16 Å². The van der Waals surface area contributed by atoms with E-state index in [1.165, 1.54) is 0 Å². The SMILES string of the molecule is O=C(ON=C(C(F)(F)F)C(F)(F)F)C(C(F)(F)F)S(=O)(=O)F. The molecule has 0 bridgehead atoms. The van der Waals surface area contributed by atoms with Gasteiger partial charge in [0.25, 0.3) is 11.0 Å². The van der Waals surface area contributed by atoms with E-state index in [-0.39, 0.29) is 0 Å². The van der Waals surface area contributed by atoms with E-state index in [4.69, 9.17) is 0 Å². The first-order chi connectivity index (χ1) is 9.38. The normalized spacial score (nSPS) is 15.2. The Hall–Kier alpha value is -1.61. The van der Waals surface area contributed by atoms with Crippen LogP contribution >= 0.6 is 0 Å². The molecule has 0 heterocycles. The van der Waals surface area contributed by atoms with Crippen molar-refractivity contribution < 1.29 is 61.4 Å². The quantitative estimate of drug-likeness (QED) is 0.250. The second kappa shape index (κ2) is 5.88. The predicted octanol–water partition coefficient (Wildman–Crippen LogP) is 2.24. The molecule has 16 heteroatoms. The van der Waals surface area contributed by atoms with Crippen LogP contribution in [-0.4, -0.2) is 43.9 Å². The smallest absolute Gasteiger partial charge is 0.316 e. The summed E-state index contributed by atoms with van der Waals surface area (Å²) >= 11 is 0. The standard InChI is InChI=1S/C6HF10NO4S/c7-4(8,9)1(22(16,19)20)2(18)21-17-3(5(10,11)12)6(13,14)15/h1H. The van der Waals surface area contributed by atoms with Gasteiger partial charge in [0, 0.05) is 0 Å². The van der Waals surface area contributed by atoms with Crippen LogP contribution in [0.4, 0.5) is 43.4 Å². The van der Waals surface area contributed by atoms with Gasteiger partial charge >= 0.3 is 34.7 Å². The average molecular weight is 373 g/mol. The Morgan fingerprint density at radius 1 is 0.909 bits per heavy atom. The number of carbonyl (C=O) groups excluding carboxylic acids is 1. The van der Waals surface area contributed by atoms with E-state index >= 15 is 0 Å². The molecule has 0 spiro atoms. The maximum Gasteiger partial charge on any atom is 0.441 e. The van der Waals surface area contributed by atoms with Gasteiger partial charge in [0.05, 0.1) is 0 Å². The van der Waals surface area contributed by atoms with Crippen molar-refractivity contribution in [2.75, 3.05) is 0 Å². The van der Waals surface area contributed by atoms with Crippen molar-refractivity contribution in [3.8, 4) is 0 Å². The minimum atomic E-state index is -6.77. The fourth-order valence-electron chi connectivity index (χ4n) is 0.811. The third-order valence-electron chi connectivity index (χ3n) is 1.56. The van der Waals surface area contributed by atoms with Crippen molar-refractivity contribution in [1.82, 2.24) is 0 Å². The molecule has 1 atom stereocenters. The summed E-state index contributed by atoms with van der Waals surface area (Å²) in [6, 6.07) is 0. The number of rotatable bonds is 3. The van der Waals surface area contributed by atoms with Gasteiger partial charge in [0.15, 0.2) is 0 Å². The molecular weight excluding hydrogens is 372 g/mol. The first kappa shape index (κ1) is 20.4. The second-order valence-electron chi connectivity index (χ2n) is 3.24. The third kappa shape index (κ3) is 5.64. The Labute approximate surface area is 113 Å². The lowest BCUT2D eigenvalue weighted by molar-refractivity contribution is -0.170. The van der Waals surface area contributed by atoms with E-state index in [1.807, 2.05) is 0 Å². The minimum Gasteiger partial charge on any atom is -0.316 e. The Balaban J connectivity index is 5.64. The number of alkyl halides is 9. The maximum absolute atomic E-state index is 12.3. The summed E-state index contributed by atoms with van der Waals surface area (Å²) in [5.74, 6) is -3.33. The number of halogens is 10. The van der Waals surface area contributed by atoms with Crippen LogP contribution in [0.2, 0.25) is 0 Å².